The van der Waals surface area contributed by atoms with Gasteiger partial charge < -0.3 is 4.90 Å². The molecule has 0 fully saturated rings. The first-order valence-corrected chi connectivity index (χ1v) is 9.37. The fourth-order valence-corrected chi connectivity index (χ4v) is 3.92. The molecule has 0 N–H and O–H groups in total. The number of rotatable bonds is 6. The molecule has 0 saturated heterocycles. The van der Waals surface area contributed by atoms with E-state index in [-0.39, 0.29) is 11.9 Å². The maximum atomic E-state index is 12.7. The van der Waals surface area contributed by atoms with E-state index < -0.39 is 0 Å². The van der Waals surface area contributed by atoms with Crippen molar-refractivity contribution >= 4 is 29.0 Å². The monoisotopic (exact) mass is 355 g/mol. The van der Waals surface area contributed by atoms with Gasteiger partial charge in [-0.2, -0.15) is 0 Å². The molecule has 0 unspecified atom stereocenters. The molecule has 3 rings (SSSR count). The topological polar surface area (TPSA) is 46.1 Å². The third kappa shape index (κ3) is 4.01. The number of nitrogens with zero attached hydrogens (tertiary/aromatic N) is 3. The van der Waals surface area contributed by atoms with E-state index in [1.165, 1.54) is 23.1 Å². The van der Waals surface area contributed by atoms with Crippen molar-refractivity contribution in [3.05, 3.63) is 77.3 Å². The number of amides is 1. The van der Waals surface area contributed by atoms with Gasteiger partial charge in [-0.15, -0.1) is 10.2 Å². The van der Waals surface area contributed by atoms with E-state index in [2.05, 4.69) is 34.5 Å². The Kier molecular flexibility index (Phi) is 5.61. The van der Waals surface area contributed by atoms with Crippen LogP contribution in [-0.4, -0.2) is 33.8 Å². The van der Waals surface area contributed by atoms with Gasteiger partial charge in [0, 0.05) is 7.05 Å². The van der Waals surface area contributed by atoms with Gasteiger partial charge >= 0.3 is 0 Å². The van der Waals surface area contributed by atoms with Crippen LogP contribution >= 0.6 is 23.1 Å². The van der Waals surface area contributed by atoms with Crippen molar-refractivity contribution in [2.24, 2.45) is 0 Å². The average Bonchev–Trinajstić information content (AvgIpc) is 3.15. The van der Waals surface area contributed by atoms with Gasteiger partial charge in [0.2, 0.25) is 5.91 Å². The van der Waals surface area contributed by atoms with E-state index in [1.54, 1.807) is 10.4 Å². The van der Waals surface area contributed by atoms with Crippen molar-refractivity contribution in [1.82, 2.24) is 15.1 Å². The van der Waals surface area contributed by atoms with Crippen LogP contribution in [-0.2, 0) is 4.79 Å². The van der Waals surface area contributed by atoms with Crippen LogP contribution in [0.4, 0.5) is 0 Å². The van der Waals surface area contributed by atoms with Crippen LogP contribution in [0.3, 0.4) is 0 Å². The minimum absolute atomic E-state index is 0.0629. The first-order valence-electron chi connectivity index (χ1n) is 7.50. The van der Waals surface area contributed by atoms with Gasteiger partial charge in [0.05, 0.1) is 11.8 Å². The molecule has 0 aliphatic carbocycles. The van der Waals surface area contributed by atoms with Crippen LogP contribution in [0, 0.1) is 0 Å². The first-order chi connectivity index (χ1) is 11.8. The predicted octanol–water partition coefficient (Wildman–Crippen LogP) is 3.88. The van der Waals surface area contributed by atoms with E-state index in [9.17, 15) is 4.79 Å². The molecular weight excluding hydrogens is 338 g/mol. The van der Waals surface area contributed by atoms with Gasteiger partial charge in [-0.1, -0.05) is 83.8 Å². The summed E-state index contributed by atoms with van der Waals surface area (Å²) in [6.07, 6.45) is 0. The Morgan fingerprint density at radius 3 is 2.17 bits per heavy atom. The van der Waals surface area contributed by atoms with Crippen molar-refractivity contribution in [3.8, 4) is 0 Å². The molecule has 4 nitrogen and oxygen atoms in total. The standard InChI is InChI=1S/C18H17N3OS2/c1-21(16(22)12-23-18-20-19-13-24-18)17(14-8-4-2-5-9-14)15-10-6-3-7-11-15/h2-11,13,17H,12H2,1H3. The lowest BCUT2D eigenvalue weighted by Crippen LogP contribution is -2.33. The van der Waals surface area contributed by atoms with Gasteiger partial charge in [0.25, 0.3) is 0 Å². The molecule has 0 spiro atoms. The molecule has 122 valence electrons. The Labute approximate surface area is 149 Å². The molecule has 6 heteroatoms. The highest BCUT2D eigenvalue weighted by atomic mass is 32.2. The molecule has 1 aromatic heterocycles. The molecule has 1 amide bonds. The number of benzene rings is 2. The van der Waals surface area contributed by atoms with Gasteiger partial charge in [-0.3, -0.25) is 4.79 Å². The first kappa shape index (κ1) is 16.7. The molecule has 3 aromatic rings. The highest BCUT2D eigenvalue weighted by Crippen LogP contribution is 2.28. The highest BCUT2D eigenvalue weighted by molar-refractivity contribution is 8.01. The number of aromatic nitrogens is 2. The Morgan fingerprint density at radius 1 is 1.08 bits per heavy atom. The van der Waals surface area contributed by atoms with Crippen molar-refractivity contribution in [2.45, 2.75) is 10.4 Å². The molecule has 0 radical (unpaired) electrons. The quantitative estimate of drug-likeness (QED) is 0.630. The van der Waals surface area contributed by atoms with Gasteiger partial charge in [-0.25, -0.2) is 0 Å². The number of thioether (sulfide) groups is 1. The minimum atomic E-state index is -0.102. The lowest BCUT2D eigenvalue weighted by molar-refractivity contribution is -0.128. The summed E-state index contributed by atoms with van der Waals surface area (Å²) in [6.45, 7) is 0. The van der Waals surface area contributed by atoms with Gasteiger partial charge in [0.1, 0.15) is 5.51 Å². The maximum absolute atomic E-state index is 12.7. The molecular formula is C18H17N3OS2. The van der Waals surface area contributed by atoms with Crippen LogP contribution in [0.2, 0.25) is 0 Å². The minimum Gasteiger partial charge on any atom is -0.334 e. The Morgan fingerprint density at radius 2 is 1.67 bits per heavy atom. The highest BCUT2D eigenvalue weighted by Gasteiger charge is 2.23. The lowest BCUT2D eigenvalue weighted by Gasteiger charge is -2.29. The molecule has 24 heavy (non-hydrogen) atoms. The largest absolute Gasteiger partial charge is 0.334 e. The number of carbonyl (C=O) groups excluding carboxylic acids is 1. The van der Waals surface area contributed by atoms with Crippen LogP contribution in [0.25, 0.3) is 0 Å². The zero-order valence-corrected chi connectivity index (χ0v) is 14.8. The number of hydrogen-bond donors (Lipinski definition) is 0. The Hall–Kier alpha value is -2.18. The SMILES string of the molecule is CN(C(=O)CSc1nncs1)C(c1ccccc1)c1ccccc1. The molecule has 1 heterocycles. The maximum Gasteiger partial charge on any atom is 0.233 e. The van der Waals surface area contributed by atoms with E-state index in [1.807, 2.05) is 43.4 Å². The van der Waals surface area contributed by atoms with Gasteiger partial charge in [0.15, 0.2) is 4.34 Å². The summed E-state index contributed by atoms with van der Waals surface area (Å²) >= 11 is 2.87. The summed E-state index contributed by atoms with van der Waals surface area (Å²) in [5.41, 5.74) is 3.87. The van der Waals surface area contributed by atoms with Crippen molar-refractivity contribution in [3.63, 3.8) is 0 Å². The second-order valence-electron chi connectivity index (χ2n) is 5.22. The fourth-order valence-electron chi connectivity index (χ4n) is 2.51. The third-order valence-electron chi connectivity index (χ3n) is 3.67. The van der Waals surface area contributed by atoms with Crippen LogP contribution in [0.15, 0.2) is 70.5 Å². The molecule has 0 atom stereocenters. The molecule has 0 bridgehead atoms. The number of carbonyl (C=O) groups is 1. The van der Waals surface area contributed by atoms with Crippen molar-refractivity contribution in [1.29, 1.82) is 0 Å². The molecule has 0 saturated carbocycles. The van der Waals surface area contributed by atoms with E-state index in [0.29, 0.717) is 5.75 Å². The van der Waals surface area contributed by atoms with Crippen LogP contribution in [0.1, 0.15) is 17.2 Å². The predicted molar refractivity (Wildman–Crippen MR) is 98.1 cm³/mol. The molecule has 2 aromatic carbocycles. The Bertz CT molecular complexity index is 724. The summed E-state index contributed by atoms with van der Waals surface area (Å²) in [4.78, 5) is 14.5. The second kappa shape index (κ2) is 8.08. The molecule has 0 aliphatic heterocycles. The lowest BCUT2D eigenvalue weighted by atomic mass is 9.97. The van der Waals surface area contributed by atoms with Crippen LogP contribution < -0.4 is 0 Å². The van der Waals surface area contributed by atoms with Crippen molar-refractivity contribution in [2.75, 3.05) is 12.8 Å². The Balaban J connectivity index is 1.81. The van der Waals surface area contributed by atoms with E-state index in [0.717, 1.165) is 15.5 Å². The van der Waals surface area contributed by atoms with E-state index >= 15 is 0 Å². The fraction of sp³-hybridized carbons (Fsp3) is 0.167. The number of hydrogen-bond acceptors (Lipinski definition) is 5. The van der Waals surface area contributed by atoms with Gasteiger partial charge in [-0.05, 0) is 11.1 Å². The summed E-state index contributed by atoms with van der Waals surface area (Å²) in [7, 11) is 1.85. The summed E-state index contributed by atoms with van der Waals surface area (Å²) in [6, 6.07) is 20.1. The summed E-state index contributed by atoms with van der Waals surface area (Å²) in [5, 5.41) is 7.77. The van der Waals surface area contributed by atoms with Crippen molar-refractivity contribution < 1.29 is 4.79 Å². The zero-order chi connectivity index (χ0) is 16.8. The summed E-state index contributed by atoms with van der Waals surface area (Å²) < 4.78 is 0.813. The molecule has 0 aliphatic rings. The summed E-state index contributed by atoms with van der Waals surface area (Å²) in [5.74, 6) is 0.412. The normalized spacial score (nSPS) is 10.8. The smallest absolute Gasteiger partial charge is 0.233 e. The zero-order valence-electron chi connectivity index (χ0n) is 13.2. The average molecular weight is 355 g/mol. The van der Waals surface area contributed by atoms with Crippen LogP contribution in [0.5, 0.6) is 0 Å². The second-order valence-corrected chi connectivity index (χ2v) is 7.28. The third-order valence-corrected chi connectivity index (χ3v) is 5.52. The van der Waals surface area contributed by atoms with E-state index in [4.69, 9.17) is 0 Å².